The van der Waals surface area contributed by atoms with Crippen molar-refractivity contribution in [2.45, 2.75) is 12.8 Å². The van der Waals surface area contributed by atoms with Crippen LogP contribution in [0.5, 0.6) is 0 Å². The van der Waals surface area contributed by atoms with Gasteiger partial charge < -0.3 is 27.7 Å². The third-order valence-corrected chi connectivity index (χ3v) is 3.08. The average molecular weight is 345 g/mol. The van der Waals surface area contributed by atoms with Gasteiger partial charge in [0.25, 0.3) is 5.91 Å². The van der Waals surface area contributed by atoms with Gasteiger partial charge in [-0.05, 0) is 19.4 Å². The maximum Gasteiger partial charge on any atom is 0.283 e. The van der Waals surface area contributed by atoms with E-state index in [2.05, 4.69) is 9.97 Å². The monoisotopic (exact) mass is 344 g/mol. The number of anilines is 2. The second-order valence-electron chi connectivity index (χ2n) is 4.58. The summed E-state index contributed by atoms with van der Waals surface area (Å²) < 4.78 is 5.33. The molecule has 1 heterocycles. The fourth-order valence-electron chi connectivity index (χ4n) is 1.67. The quantitative estimate of drug-likeness (QED) is 0.235. The third-order valence-electron chi connectivity index (χ3n) is 2.81. The molecule has 1 aromatic rings. The van der Waals surface area contributed by atoms with Gasteiger partial charge in [0.05, 0.1) is 0 Å². The Morgan fingerprint density at radius 2 is 1.87 bits per heavy atom. The molecule has 23 heavy (non-hydrogen) atoms. The molecule has 0 unspecified atom stereocenters. The summed E-state index contributed by atoms with van der Waals surface area (Å²) in [7, 11) is 0. The van der Waals surface area contributed by atoms with Crippen LogP contribution in [0.1, 0.15) is 23.3 Å². The molecule has 0 aromatic carbocycles. The standard InChI is InChI=1S/C12H21ClN8O2/c13-8-10(16)20-9(15)7(19-8)11(22)21(12(17)18)4-2-6-23-5-1-3-14/h1-6,14H2,(H3,17,18)(H4,15,16,20). The molecule has 0 bridgehead atoms. The van der Waals surface area contributed by atoms with Crippen LogP contribution in [0.25, 0.3) is 0 Å². The van der Waals surface area contributed by atoms with Crippen molar-refractivity contribution >= 4 is 35.1 Å². The van der Waals surface area contributed by atoms with Crippen molar-refractivity contribution < 1.29 is 9.53 Å². The molecular weight excluding hydrogens is 324 g/mol. The molecular formula is C12H21ClN8O2. The van der Waals surface area contributed by atoms with E-state index >= 15 is 0 Å². The minimum atomic E-state index is -0.675. The maximum absolute atomic E-state index is 12.4. The highest BCUT2D eigenvalue weighted by Gasteiger charge is 2.23. The van der Waals surface area contributed by atoms with Gasteiger partial charge in [0, 0.05) is 19.8 Å². The number of rotatable bonds is 8. The first kappa shape index (κ1) is 18.9. The topological polar surface area (TPSA) is 183 Å². The van der Waals surface area contributed by atoms with Gasteiger partial charge >= 0.3 is 0 Å². The summed E-state index contributed by atoms with van der Waals surface area (Å²) >= 11 is 5.75. The molecule has 1 amide bonds. The Bertz CT molecular complexity index is 568. The van der Waals surface area contributed by atoms with Crippen molar-refractivity contribution in [3.05, 3.63) is 10.8 Å². The Morgan fingerprint density at radius 1 is 1.22 bits per heavy atom. The van der Waals surface area contributed by atoms with E-state index in [0.29, 0.717) is 26.2 Å². The zero-order valence-corrected chi connectivity index (χ0v) is 13.3. The van der Waals surface area contributed by atoms with Crippen molar-refractivity contribution in [1.29, 1.82) is 5.41 Å². The number of carbonyl (C=O) groups is 1. The van der Waals surface area contributed by atoms with E-state index in [9.17, 15) is 4.79 Å². The molecule has 128 valence electrons. The molecule has 0 saturated carbocycles. The largest absolute Gasteiger partial charge is 0.382 e. The van der Waals surface area contributed by atoms with Gasteiger partial charge in [-0.15, -0.1) is 0 Å². The predicted molar refractivity (Wildman–Crippen MR) is 87.9 cm³/mol. The number of nitrogens with two attached hydrogens (primary N) is 4. The van der Waals surface area contributed by atoms with Crippen LogP contribution in [-0.4, -0.2) is 53.0 Å². The fourth-order valence-corrected chi connectivity index (χ4v) is 1.80. The molecule has 9 N–H and O–H groups in total. The van der Waals surface area contributed by atoms with Crippen molar-refractivity contribution in [3.63, 3.8) is 0 Å². The SMILES string of the molecule is N=C(N)N(CCCOCCCN)C(=O)c1nc(Cl)c(N)nc1N. The number of guanidine groups is 1. The number of amides is 1. The average Bonchev–Trinajstić information content (AvgIpc) is 2.49. The van der Waals surface area contributed by atoms with Gasteiger partial charge in [-0.25, -0.2) is 9.97 Å². The highest BCUT2D eigenvalue weighted by molar-refractivity contribution is 6.31. The minimum Gasteiger partial charge on any atom is -0.382 e. The summed E-state index contributed by atoms with van der Waals surface area (Å²) in [6, 6.07) is 0. The molecule has 0 aliphatic heterocycles. The Labute approximate surface area is 138 Å². The van der Waals surface area contributed by atoms with Gasteiger partial charge in [0.15, 0.2) is 28.4 Å². The lowest BCUT2D eigenvalue weighted by Gasteiger charge is -2.20. The van der Waals surface area contributed by atoms with Crippen LogP contribution in [0.2, 0.25) is 5.15 Å². The summed E-state index contributed by atoms with van der Waals surface area (Å²) in [5.74, 6) is -1.37. The van der Waals surface area contributed by atoms with Crippen LogP contribution >= 0.6 is 11.6 Å². The van der Waals surface area contributed by atoms with Crippen LogP contribution in [0.15, 0.2) is 0 Å². The first-order valence-electron chi connectivity index (χ1n) is 6.90. The fraction of sp³-hybridized carbons (Fsp3) is 0.500. The van der Waals surface area contributed by atoms with E-state index in [1.165, 1.54) is 0 Å². The maximum atomic E-state index is 12.4. The normalized spacial score (nSPS) is 10.5. The lowest BCUT2D eigenvalue weighted by molar-refractivity contribution is 0.0814. The molecule has 0 aliphatic rings. The Balaban J connectivity index is 2.72. The second kappa shape index (κ2) is 9.08. The molecule has 10 nitrogen and oxygen atoms in total. The van der Waals surface area contributed by atoms with E-state index in [4.69, 9.17) is 44.7 Å². The van der Waals surface area contributed by atoms with Crippen molar-refractivity contribution in [1.82, 2.24) is 14.9 Å². The second-order valence-corrected chi connectivity index (χ2v) is 4.94. The molecule has 0 radical (unpaired) electrons. The van der Waals surface area contributed by atoms with Crippen molar-refractivity contribution in [3.8, 4) is 0 Å². The summed E-state index contributed by atoms with van der Waals surface area (Å²) in [6.45, 7) is 1.66. The Kier molecular flexibility index (Phi) is 7.45. The molecule has 0 atom stereocenters. The van der Waals surface area contributed by atoms with Gasteiger partial charge in [0.2, 0.25) is 0 Å². The number of hydrogen-bond acceptors (Lipinski definition) is 8. The molecule has 0 spiro atoms. The first-order chi connectivity index (χ1) is 10.9. The van der Waals surface area contributed by atoms with Crippen LogP contribution in [0, 0.1) is 5.41 Å². The highest BCUT2D eigenvalue weighted by Crippen LogP contribution is 2.18. The Morgan fingerprint density at radius 3 is 2.48 bits per heavy atom. The number of carbonyl (C=O) groups excluding carboxylic acids is 1. The number of hydrogen-bond donors (Lipinski definition) is 5. The van der Waals surface area contributed by atoms with Crippen LogP contribution in [0.3, 0.4) is 0 Å². The molecule has 0 aliphatic carbocycles. The number of aromatic nitrogens is 2. The highest BCUT2D eigenvalue weighted by atomic mass is 35.5. The van der Waals surface area contributed by atoms with E-state index in [1.54, 1.807) is 0 Å². The number of nitrogens with zero attached hydrogens (tertiary/aromatic N) is 3. The van der Waals surface area contributed by atoms with Gasteiger partial charge in [-0.3, -0.25) is 15.1 Å². The molecule has 0 saturated heterocycles. The zero-order chi connectivity index (χ0) is 17.4. The summed E-state index contributed by atoms with van der Waals surface area (Å²) in [5, 5.41) is 7.38. The smallest absolute Gasteiger partial charge is 0.283 e. The third kappa shape index (κ3) is 5.51. The lowest BCUT2D eigenvalue weighted by Crippen LogP contribution is -2.43. The minimum absolute atomic E-state index is 0.0802. The van der Waals surface area contributed by atoms with Gasteiger partial charge in [0.1, 0.15) is 0 Å². The number of nitrogens with one attached hydrogen (secondary N) is 1. The zero-order valence-electron chi connectivity index (χ0n) is 12.6. The van der Waals surface area contributed by atoms with E-state index in [0.717, 1.165) is 11.3 Å². The van der Waals surface area contributed by atoms with Crippen LogP contribution in [-0.2, 0) is 4.74 Å². The number of ether oxygens (including phenoxy) is 1. The van der Waals surface area contributed by atoms with E-state index < -0.39 is 11.9 Å². The number of nitrogen functional groups attached to an aromatic ring is 2. The molecule has 11 heteroatoms. The summed E-state index contributed by atoms with van der Waals surface area (Å²) in [6.07, 6.45) is 1.23. The molecule has 1 rings (SSSR count). The molecule has 0 fully saturated rings. The molecule has 1 aromatic heterocycles. The first-order valence-corrected chi connectivity index (χ1v) is 7.28. The van der Waals surface area contributed by atoms with Crippen LogP contribution in [0.4, 0.5) is 11.6 Å². The van der Waals surface area contributed by atoms with E-state index in [-0.39, 0.29) is 29.0 Å². The number of halogens is 1. The Hall–Kier alpha value is -2.17. The van der Waals surface area contributed by atoms with E-state index in [1.807, 2.05) is 0 Å². The summed E-state index contributed by atoms with van der Waals surface area (Å²) in [5.41, 5.74) is 21.7. The van der Waals surface area contributed by atoms with Gasteiger partial charge in [-0.2, -0.15) is 0 Å². The lowest BCUT2D eigenvalue weighted by atomic mass is 10.3. The van der Waals surface area contributed by atoms with Crippen molar-refractivity contribution in [2.75, 3.05) is 37.8 Å². The van der Waals surface area contributed by atoms with Gasteiger partial charge in [-0.1, -0.05) is 11.6 Å². The van der Waals surface area contributed by atoms with Crippen LogP contribution < -0.4 is 22.9 Å². The van der Waals surface area contributed by atoms with Crippen molar-refractivity contribution in [2.24, 2.45) is 11.5 Å². The summed E-state index contributed by atoms with van der Waals surface area (Å²) in [4.78, 5) is 21.0. The predicted octanol–water partition coefficient (Wildman–Crippen LogP) is -0.614.